The van der Waals surface area contributed by atoms with Crippen molar-refractivity contribution < 1.29 is 22.8 Å². The summed E-state index contributed by atoms with van der Waals surface area (Å²) in [5.41, 5.74) is -0.459. The maximum absolute atomic E-state index is 13.6. The molecule has 0 unspecified atom stereocenters. The number of nitrogens with one attached hydrogen (secondary N) is 2. The van der Waals surface area contributed by atoms with E-state index in [1.807, 2.05) is 0 Å². The maximum Gasteiger partial charge on any atom is 0.270 e. The minimum Gasteiger partial charge on any atom is -0.493 e. The van der Waals surface area contributed by atoms with Crippen LogP contribution in [0.2, 0.25) is 5.02 Å². The summed E-state index contributed by atoms with van der Waals surface area (Å²) in [5, 5.41) is 29.4. The number of hydrogen-bond donors (Lipinski definition) is 3. The molecular weight excluding hydrogens is 477 g/mol. The number of aromatic amines is 1. The highest BCUT2D eigenvalue weighted by atomic mass is 35.5. The second-order valence-electron chi connectivity index (χ2n) is 6.71. The highest BCUT2D eigenvalue weighted by Crippen LogP contribution is 2.38. The van der Waals surface area contributed by atoms with E-state index < -0.39 is 37.2 Å². The molecule has 0 bridgehead atoms. The molecule has 1 heterocycles. The lowest BCUT2D eigenvalue weighted by molar-refractivity contribution is -0.385. The molecular formula is C20H13ClFN5O5S. The van der Waals surface area contributed by atoms with E-state index in [9.17, 15) is 28.0 Å². The van der Waals surface area contributed by atoms with Gasteiger partial charge in [-0.05, 0) is 36.4 Å². The minimum atomic E-state index is -4.40. The first-order chi connectivity index (χ1) is 15.7. The molecule has 0 aliphatic heterocycles. The second-order valence-corrected chi connectivity index (χ2v) is 8.76. The molecule has 0 atom stereocenters. The lowest BCUT2D eigenvalue weighted by Gasteiger charge is -2.11. The number of non-ortho nitro benzene ring substituents is 1. The van der Waals surface area contributed by atoms with Crippen LogP contribution in [-0.2, 0) is 10.0 Å². The molecule has 1 aromatic heterocycles. The van der Waals surface area contributed by atoms with Crippen molar-refractivity contribution in [1.82, 2.24) is 4.98 Å². The Morgan fingerprint density at radius 2 is 1.85 bits per heavy atom. The number of azo groups is 1. The number of nitro groups is 1. The van der Waals surface area contributed by atoms with Crippen LogP contribution in [-0.4, -0.2) is 23.4 Å². The number of sulfonamides is 1. The number of aromatic hydroxyl groups is 1. The first-order valence-electron chi connectivity index (χ1n) is 9.13. The Balaban J connectivity index is 1.81. The van der Waals surface area contributed by atoms with Gasteiger partial charge < -0.3 is 10.1 Å². The van der Waals surface area contributed by atoms with Crippen molar-refractivity contribution in [3.63, 3.8) is 0 Å². The molecule has 4 rings (SSSR count). The Hall–Kier alpha value is -4.03. The average molecular weight is 490 g/mol. The van der Waals surface area contributed by atoms with E-state index in [0.29, 0.717) is 5.52 Å². The van der Waals surface area contributed by atoms with Gasteiger partial charge in [0.25, 0.3) is 15.7 Å². The number of nitro benzene ring substituents is 1. The number of rotatable bonds is 6. The van der Waals surface area contributed by atoms with Crippen molar-refractivity contribution in [3.05, 3.63) is 81.6 Å². The van der Waals surface area contributed by atoms with Crippen LogP contribution in [0.25, 0.3) is 10.9 Å². The van der Waals surface area contributed by atoms with E-state index in [-0.39, 0.29) is 27.5 Å². The quantitative estimate of drug-likeness (QED) is 0.178. The minimum absolute atomic E-state index is 0.0540. The topological polar surface area (TPSA) is 150 Å². The summed E-state index contributed by atoms with van der Waals surface area (Å²) in [5.74, 6) is -1.000. The third-order valence-corrected chi connectivity index (χ3v) is 6.26. The van der Waals surface area contributed by atoms with Crippen molar-refractivity contribution in [1.29, 1.82) is 0 Å². The fraction of sp³-hybridized carbons (Fsp3) is 0. The number of halogens is 2. The van der Waals surface area contributed by atoms with E-state index in [0.717, 1.165) is 24.3 Å². The van der Waals surface area contributed by atoms with Gasteiger partial charge in [0.05, 0.1) is 21.2 Å². The fourth-order valence-electron chi connectivity index (χ4n) is 3.00. The van der Waals surface area contributed by atoms with Crippen LogP contribution in [0.5, 0.6) is 5.88 Å². The molecule has 3 aromatic carbocycles. The standard InChI is InChI=1S/C20H13ClFN5O5S/c21-14-3-1-2-4-16(14)26-33(31,32)18-10-12(27(29)30)6-8-17(18)24-25-19-13-9-11(22)5-7-15(13)23-20(19)28/h1-10,23,26,28H. The predicted molar refractivity (Wildman–Crippen MR) is 119 cm³/mol. The maximum atomic E-state index is 13.6. The number of aromatic nitrogens is 1. The van der Waals surface area contributed by atoms with Crippen molar-refractivity contribution in [2.45, 2.75) is 4.90 Å². The van der Waals surface area contributed by atoms with E-state index in [1.165, 1.54) is 24.3 Å². The zero-order valence-electron chi connectivity index (χ0n) is 16.4. The number of para-hydroxylation sites is 1. The van der Waals surface area contributed by atoms with Crippen molar-refractivity contribution >= 4 is 55.3 Å². The van der Waals surface area contributed by atoms with Gasteiger partial charge in [-0.3, -0.25) is 14.8 Å². The van der Waals surface area contributed by atoms with Crippen LogP contribution in [0.4, 0.5) is 27.1 Å². The molecule has 10 nitrogen and oxygen atoms in total. The number of nitrogens with zero attached hydrogens (tertiary/aromatic N) is 3. The molecule has 0 saturated carbocycles. The molecule has 0 spiro atoms. The summed E-state index contributed by atoms with van der Waals surface area (Å²) >= 11 is 6.01. The van der Waals surface area contributed by atoms with Crippen LogP contribution < -0.4 is 4.72 Å². The summed E-state index contributed by atoms with van der Waals surface area (Å²) in [7, 11) is -4.40. The van der Waals surface area contributed by atoms with Crippen LogP contribution in [0.15, 0.2) is 75.8 Å². The molecule has 0 aliphatic rings. The lowest BCUT2D eigenvalue weighted by atomic mass is 10.2. The summed E-state index contributed by atoms with van der Waals surface area (Å²) in [6.07, 6.45) is 0. The van der Waals surface area contributed by atoms with Crippen molar-refractivity contribution in [2.24, 2.45) is 10.2 Å². The summed E-state index contributed by atoms with van der Waals surface area (Å²) in [6.45, 7) is 0. The Morgan fingerprint density at radius 1 is 1.09 bits per heavy atom. The van der Waals surface area contributed by atoms with Crippen LogP contribution in [0, 0.1) is 15.9 Å². The van der Waals surface area contributed by atoms with Gasteiger partial charge in [0.2, 0.25) is 5.88 Å². The highest BCUT2D eigenvalue weighted by molar-refractivity contribution is 7.92. The van der Waals surface area contributed by atoms with E-state index in [4.69, 9.17) is 11.6 Å². The Bertz CT molecular complexity index is 1540. The molecule has 0 amide bonds. The van der Waals surface area contributed by atoms with Gasteiger partial charge in [-0.25, -0.2) is 12.8 Å². The number of anilines is 1. The molecule has 0 fully saturated rings. The predicted octanol–water partition coefficient (Wildman–Crippen LogP) is 5.79. The molecule has 3 N–H and O–H groups in total. The highest BCUT2D eigenvalue weighted by Gasteiger charge is 2.24. The zero-order valence-corrected chi connectivity index (χ0v) is 17.9. The third-order valence-electron chi connectivity index (χ3n) is 4.53. The third kappa shape index (κ3) is 4.47. The second kappa shape index (κ2) is 8.48. The van der Waals surface area contributed by atoms with Gasteiger partial charge >= 0.3 is 0 Å². The zero-order chi connectivity index (χ0) is 23.8. The van der Waals surface area contributed by atoms with E-state index in [1.54, 1.807) is 12.1 Å². The van der Waals surface area contributed by atoms with Crippen molar-refractivity contribution in [3.8, 4) is 5.88 Å². The number of fused-ring (bicyclic) bond motifs is 1. The van der Waals surface area contributed by atoms with E-state index >= 15 is 0 Å². The molecule has 4 aromatic rings. The summed E-state index contributed by atoms with van der Waals surface area (Å²) in [4.78, 5) is 12.5. The smallest absolute Gasteiger partial charge is 0.270 e. The molecule has 168 valence electrons. The van der Waals surface area contributed by atoms with Gasteiger partial charge in [-0.1, -0.05) is 23.7 Å². The van der Waals surface area contributed by atoms with Crippen LogP contribution >= 0.6 is 11.6 Å². The molecule has 13 heteroatoms. The normalized spacial score (nSPS) is 11.8. The Labute approximate surface area is 190 Å². The van der Waals surface area contributed by atoms with Gasteiger partial charge in [0.1, 0.15) is 16.4 Å². The first-order valence-corrected chi connectivity index (χ1v) is 11.0. The molecule has 33 heavy (non-hydrogen) atoms. The van der Waals surface area contributed by atoms with Crippen LogP contribution in [0.3, 0.4) is 0 Å². The molecule has 0 radical (unpaired) electrons. The van der Waals surface area contributed by atoms with Gasteiger partial charge in [-0.15, -0.1) is 10.2 Å². The largest absolute Gasteiger partial charge is 0.493 e. The van der Waals surface area contributed by atoms with Crippen molar-refractivity contribution in [2.75, 3.05) is 4.72 Å². The first kappa shape index (κ1) is 22.2. The lowest BCUT2D eigenvalue weighted by Crippen LogP contribution is -2.13. The number of hydrogen-bond acceptors (Lipinski definition) is 7. The van der Waals surface area contributed by atoms with Gasteiger partial charge in [-0.2, -0.15) is 0 Å². The Kier molecular flexibility index (Phi) is 5.70. The Morgan fingerprint density at radius 3 is 2.58 bits per heavy atom. The summed E-state index contributed by atoms with van der Waals surface area (Å²) in [6, 6.07) is 12.7. The fourth-order valence-corrected chi connectivity index (χ4v) is 4.48. The van der Waals surface area contributed by atoms with Gasteiger partial charge in [0, 0.05) is 17.5 Å². The molecule has 0 saturated heterocycles. The summed E-state index contributed by atoms with van der Waals surface area (Å²) < 4.78 is 42.0. The van der Waals surface area contributed by atoms with Gasteiger partial charge in [0.15, 0.2) is 5.69 Å². The monoisotopic (exact) mass is 489 g/mol. The number of benzene rings is 3. The van der Waals surface area contributed by atoms with E-state index in [2.05, 4.69) is 19.9 Å². The average Bonchev–Trinajstić information content (AvgIpc) is 3.07. The number of H-pyrrole nitrogens is 1. The SMILES string of the molecule is O=[N+]([O-])c1ccc(N=Nc2c(O)[nH]c3ccc(F)cc23)c(S(=O)(=O)Nc2ccccc2Cl)c1. The van der Waals surface area contributed by atoms with Crippen LogP contribution in [0.1, 0.15) is 0 Å². The molecule has 0 aliphatic carbocycles.